The summed E-state index contributed by atoms with van der Waals surface area (Å²) in [7, 11) is 0. The molecule has 0 N–H and O–H groups in total. The zero-order valence-corrected chi connectivity index (χ0v) is 32.5. The maximum atomic E-state index is 11.7. The summed E-state index contributed by atoms with van der Waals surface area (Å²) >= 11 is 0. The number of benzene rings is 4. The molecule has 0 saturated heterocycles. The van der Waals surface area contributed by atoms with Gasteiger partial charge in [-0.05, 0) is 57.1 Å². The number of rotatable bonds is 11. The maximum Gasteiger partial charge on any atom is 1.00 e. The minimum absolute atomic E-state index is 0. The number of hydrogen-bond acceptors (Lipinski definition) is 9. The van der Waals surface area contributed by atoms with Gasteiger partial charge in [-0.1, -0.05) is 66.7 Å². The first-order valence-electron chi connectivity index (χ1n) is 11.9. The molecule has 0 amide bonds. The molecule has 0 fully saturated rings. The number of nitrogens with zero attached hydrogens (tertiary/aromatic N) is 1. The number of carboxylic acid groups (broad SMARTS) is 4. The zero-order valence-electron chi connectivity index (χ0n) is 24.5. The molecule has 13 heteroatoms. The molecular weight excluding hydrogens is 594 g/mol. The molecule has 4 aromatic carbocycles. The minimum Gasteiger partial charge on any atom is -0.550 e. The first-order valence-corrected chi connectivity index (χ1v) is 11.9. The summed E-state index contributed by atoms with van der Waals surface area (Å²) in [6.07, 6.45) is -0.328. The molecule has 0 spiro atoms. The number of carbonyl (C=O) groups excluding carboxylic acids is 4. The van der Waals surface area contributed by atoms with Gasteiger partial charge in [0.2, 0.25) is 0 Å². The Labute approximate surface area is 336 Å². The SMILES string of the molecule is O=C([O-])CCN(Cc1ccc(C(=O)[O-])c(C(=O)[O-])c1)Cc1ccc(C(=O)[O-])cc1-c1cccc2ccccc12.[Na+].[Na+].[Na+].[Na+]. The van der Waals surface area contributed by atoms with E-state index in [1.807, 2.05) is 42.5 Å². The molecule has 0 aliphatic carbocycles. The van der Waals surface area contributed by atoms with Gasteiger partial charge in [0.15, 0.2) is 0 Å². The van der Waals surface area contributed by atoms with Gasteiger partial charge in [-0.2, -0.15) is 0 Å². The maximum absolute atomic E-state index is 11.7. The van der Waals surface area contributed by atoms with Crippen LogP contribution in [0.2, 0.25) is 0 Å². The van der Waals surface area contributed by atoms with Crippen LogP contribution in [-0.2, 0) is 17.9 Å². The molecular formula is C30H21NNa4O8. The molecule has 4 aromatic rings. The Morgan fingerprint density at radius 3 is 1.88 bits per heavy atom. The van der Waals surface area contributed by atoms with Crippen LogP contribution < -0.4 is 139 Å². The van der Waals surface area contributed by atoms with Gasteiger partial charge in [-0.3, -0.25) is 4.90 Å². The van der Waals surface area contributed by atoms with E-state index < -0.39 is 35.0 Å². The summed E-state index contributed by atoms with van der Waals surface area (Å²) in [6, 6.07) is 21.4. The van der Waals surface area contributed by atoms with E-state index in [1.165, 1.54) is 18.2 Å². The smallest absolute Gasteiger partial charge is 0.550 e. The molecule has 0 aliphatic heterocycles. The molecule has 0 atom stereocenters. The van der Waals surface area contributed by atoms with E-state index >= 15 is 0 Å². The Balaban J connectivity index is 0.00000441. The Bertz CT molecular complexity index is 1610. The van der Waals surface area contributed by atoms with Crippen LogP contribution in [0, 0.1) is 0 Å². The number of fused-ring (bicyclic) bond motifs is 1. The Hall–Kier alpha value is -1.02. The van der Waals surface area contributed by atoms with Crippen LogP contribution in [0.5, 0.6) is 0 Å². The molecule has 0 bridgehead atoms. The second kappa shape index (κ2) is 19.5. The Morgan fingerprint density at radius 2 is 1.26 bits per heavy atom. The van der Waals surface area contributed by atoms with Crippen molar-refractivity contribution in [3.8, 4) is 11.1 Å². The van der Waals surface area contributed by atoms with Crippen LogP contribution in [0.25, 0.3) is 21.9 Å². The van der Waals surface area contributed by atoms with Crippen LogP contribution >= 0.6 is 0 Å². The van der Waals surface area contributed by atoms with E-state index in [4.69, 9.17) is 0 Å². The van der Waals surface area contributed by atoms with Crippen molar-refractivity contribution in [3.63, 3.8) is 0 Å². The molecule has 0 saturated carbocycles. The third kappa shape index (κ3) is 11.1. The van der Waals surface area contributed by atoms with Gasteiger partial charge in [0.25, 0.3) is 0 Å². The quantitative estimate of drug-likeness (QED) is 0.149. The third-order valence-electron chi connectivity index (χ3n) is 6.38. The summed E-state index contributed by atoms with van der Waals surface area (Å²) in [6.45, 7) is 0.225. The summed E-state index contributed by atoms with van der Waals surface area (Å²) in [5, 5.41) is 47.6. The van der Waals surface area contributed by atoms with Crippen LogP contribution in [0.3, 0.4) is 0 Å². The Morgan fingerprint density at radius 1 is 0.605 bits per heavy atom. The fourth-order valence-electron chi connectivity index (χ4n) is 4.55. The second-order valence-electron chi connectivity index (χ2n) is 8.97. The van der Waals surface area contributed by atoms with Gasteiger partial charge in [0.05, 0.1) is 17.9 Å². The third-order valence-corrected chi connectivity index (χ3v) is 6.38. The molecule has 9 nitrogen and oxygen atoms in total. The fraction of sp³-hybridized carbons (Fsp3) is 0.133. The van der Waals surface area contributed by atoms with Gasteiger partial charge in [0, 0.05) is 36.7 Å². The summed E-state index contributed by atoms with van der Waals surface area (Å²) in [4.78, 5) is 47.4. The van der Waals surface area contributed by atoms with Crippen molar-refractivity contribution in [1.29, 1.82) is 0 Å². The second-order valence-corrected chi connectivity index (χ2v) is 8.97. The van der Waals surface area contributed by atoms with Crippen molar-refractivity contribution in [2.24, 2.45) is 0 Å². The summed E-state index contributed by atoms with van der Waals surface area (Å²) in [5.41, 5.74) is 1.34. The number of carboxylic acids is 4. The first-order chi connectivity index (χ1) is 18.6. The van der Waals surface area contributed by atoms with Gasteiger partial charge in [-0.25, -0.2) is 0 Å². The van der Waals surface area contributed by atoms with Crippen molar-refractivity contribution >= 4 is 34.6 Å². The van der Waals surface area contributed by atoms with Crippen LogP contribution in [0.1, 0.15) is 48.6 Å². The Kier molecular flexibility index (Phi) is 19.0. The van der Waals surface area contributed by atoms with Gasteiger partial charge in [-0.15, -0.1) is 0 Å². The standard InChI is InChI=1S/C30H25NO8.4Na/c32-27(33)12-13-31(16-18-8-11-24(29(36)37)26(14-18)30(38)39)17-21-10-9-20(28(34)35)15-25(21)23-7-3-5-19-4-1-2-6-22(19)23;;;;/h1-11,14-15H,12-13,16-17H2,(H,32,33)(H,34,35)(H,36,37)(H,38,39);;;;/q;4*+1/p-4. The fourth-order valence-corrected chi connectivity index (χ4v) is 4.55. The van der Waals surface area contributed by atoms with Crippen molar-refractivity contribution in [2.75, 3.05) is 6.54 Å². The largest absolute Gasteiger partial charge is 1.00 e. The van der Waals surface area contributed by atoms with E-state index in [9.17, 15) is 39.6 Å². The van der Waals surface area contributed by atoms with Crippen molar-refractivity contribution < 1.29 is 158 Å². The molecule has 198 valence electrons. The van der Waals surface area contributed by atoms with E-state index in [2.05, 4.69) is 0 Å². The molecule has 0 aliphatic rings. The molecule has 0 unspecified atom stereocenters. The van der Waals surface area contributed by atoms with E-state index in [0.29, 0.717) is 16.7 Å². The number of aromatic carboxylic acids is 3. The van der Waals surface area contributed by atoms with Gasteiger partial charge in [0.1, 0.15) is 0 Å². The normalized spacial score (nSPS) is 9.98. The molecule has 0 heterocycles. The molecule has 43 heavy (non-hydrogen) atoms. The predicted molar refractivity (Wildman–Crippen MR) is 133 cm³/mol. The van der Waals surface area contributed by atoms with E-state index in [-0.39, 0.29) is 150 Å². The average molecular weight is 615 g/mol. The first kappa shape index (κ1) is 42.0. The molecule has 0 radical (unpaired) electrons. The van der Waals surface area contributed by atoms with Crippen molar-refractivity contribution in [1.82, 2.24) is 4.90 Å². The van der Waals surface area contributed by atoms with Crippen molar-refractivity contribution in [2.45, 2.75) is 19.5 Å². The topological polar surface area (TPSA) is 164 Å². The van der Waals surface area contributed by atoms with Crippen molar-refractivity contribution in [3.05, 3.63) is 107 Å². The van der Waals surface area contributed by atoms with Crippen LogP contribution in [-0.4, -0.2) is 35.3 Å². The zero-order chi connectivity index (χ0) is 28.1. The van der Waals surface area contributed by atoms with E-state index in [1.54, 1.807) is 11.0 Å². The average Bonchev–Trinajstić information content (AvgIpc) is 2.91. The van der Waals surface area contributed by atoms with Crippen LogP contribution in [0.15, 0.2) is 78.9 Å². The molecule has 4 rings (SSSR count). The number of aliphatic carboxylic acids is 1. The number of hydrogen-bond donors (Lipinski definition) is 0. The molecule has 0 aromatic heterocycles. The van der Waals surface area contributed by atoms with Crippen LogP contribution in [0.4, 0.5) is 0 Å². The number of carbonyl (C=O) groups is 4. The predicted octanol–water partition coefficient (Wildman–Crippen LogP) is -12.2. The monoisotopic (exact) mass is 615 g/mol. The van der Waals surface area contributed by atoms with E-state index in [0.717, 1.165) is 28.5 Å². The van der Waals surface area contributed by atoms with Gasteiger partial charge >= 0.3 is 118 Å². The summed E-state index contributed by atoms with van der Waals surface area (Å²) in [5.74, 6) is -5.99. The minimum atomic E-state index is -1.69. The summed E-state index contributed by atoms with van der Waals surface area (Å²) < 4.78 is 0. The van der Waals surface area contributed by atoms with Gasteiger partial charge < -0.3 is 39.6 Å².